The van der Waals surface area contributed by atoms with E-state index in [4.69, 9.17) is 16.9 Å². The molecule has 94 valence electrons. The number of nitrogens with zero attached hydrogens (tertiary/aromatic N) is 1. The van der Waals surface area contributed by atoms with Gasteiger partial charge in [-0.15, -0.1) is 0 Å². The van der Waals surface area contributed by atoms with Gasteiger partial charge in [0.05, 0.1) is 22.3 Å². The second-order valence-electron chi connectivity index (χ2n) is 4.46. The fraction of sp³-hybridized carbons (Fsp3) is 0.385. The molecule has 1 saturated carbocycles. The fourth-order valence-electron chi connectivity index (χ4n) is 1.55. The van der Waals surface area contributed by atoms with Crippen LogP contribution in [0.3, 0.4) is 0 Å². The molecule has 1 unspecified atom stereocenters. The molecule has 1 aliphatic rings. The summed E-state index contributed by atoms with van der Waals surface area (Å²) in [5.41, 5.74) is 1.16. The first-order valence-corrected chi connectivity index (χ1v) is 6.24. The predicted octanol–water partition coefficient (Wildman–Crippen LogP) is 2.29. The molecule has 0 spiro atoms. The van der Waals surface area contributed by atoms with Gasteiger partial charge in [-0.2, -0.15) is 5.26 Å². The number of anilines is 1. The average molecular weight is 264 g/mol. The summed E-state index contributed by atoms with van der Waals surface area (Å²) in [4.78, 5) is 11.8. The second kappa shape index (κ2) is 5.28. The van der Waals surface area contributed by atoms with Crippen molar-refractivity contribution in [2.45, 2.75) is 31.8 Å². The highest BCUT2D eigenvalue weighted by atomic mass is 35.5. The number of nitriles is 1. The molecule has 1 aliphatic carbocycles. The zero-order chi connectivity index (χ0) is 13.1. The molecule has 0 bridgehead atoms. The first kappa shape index (κ1) is 12.7. The Labute approximate surface area is 111 Å². The minimum atomic E-state index is -0.351. The lowest BCUT2D eigenvalue weighted by Gasteiger charge is -2.16. The molecule has 0 aliphatic heterocycles. The second-order valence-corrected chi connectivity index (χ2v) is 4.86. The summed E-state index contributed by atoms with van der Waals surface area (Å²) in [5.74, 6) is -0.0297. The third-order valence-corrected chi connectivity index (χ3v) is 3.10. The summed E-state index contributed by atoms with van der Waals surface area (Å²) < 4.78 is 0. The normalized spacial score (nSPS) is 15.6. The van der Waals surface area contributed by atoms with Crippen molar-refractivity contribution in [2.75, 3.05) is 5.32 Å². The number of benzene rings is 1. The number of carbonyl (C=O) groups is 1. The van der Waals surface area contributed by atoms with E-state index in [9.17, 15) is 4.79 Å². The van der Waals surface area contributed by atoms with Gasteiger partial charge >= 0.3 is 0 Å². The van der Waals surface area contributed by atoms with Crippen molar-refractivity contribution in [1.29, 1.82) is 5.26 Å². The molecule has 0 heterocycles. The average Bonchev–Trinajstić information content (AvgIpc) is 3.15. The van der Waals surface area contributed by atoms with Gasteiger partial charge in [-0.05, 0) is 38.0 Å². The molecule has 2 N–H and O–H groups in total. The largest absolute Gasteiger partial charge is 0.373 e. The summed E-state index contributed by atoms with van der Waals surface area (Å²) in [7, 11) is 0. The lowest BCUT2D eigenvalue weighted by molar-refractivity contribution is -0.121. The molecule has 1 aromatic rings. The number of halogens is 1. The van der Waals surface area contributed by atoms with E-state index < -0.39 is 0 Å². The maximum atomic E-state index is 11.8. The standard InChI is InChI=1S/C13H14ClN3O/c1-8(13(18)17-10-3-4-10)16-12-5-2-9(7-15)6-11(12)14/h2,5-6,8,10,16H,3-4H2,1H3,(H,17,18). The molecule has 1 amide bonds. The zero-order valence-electron chi connectivity index (χ0n) is 10.0. The van der Waals surface area contributed by atoms with E-state index in [-0.39, 0.29) is 11.9 Å². The summed E-state index contributed by atoms with van der Waals surface area (Å²) in [6.45, 7) is 1.78. The highest BCUT2D eigenvalue weighted by molar-refractivity contribution is 6.33. The predicted molar refractivity (Wildman–Crippen MR) is 70.4 cm³/mol. The molecule has 0 aromatic heterocycles. The number of amides is 1. The van der Waals surface area contributed by atoms with Gasteiger partial charge in [0.15, 0.2) is 0 Å². The molecule has 0 saturated heterocycles. The monoisotopic (exact) mass is 263 g/mol. The van der Waals surface area contributed by atoms with Gasteiger partial charge in [0.2, 0.25) is 5.91 Å². The molecule has 5 heteroatoms. The number of hydrogen-bond donors (Lipinski definition) is 2. The van der Waals surface area contributed by atoms with E-state index in [1.807, 2.05) is 6.07 Å². The van der Waals surface area contributed by atoms with Crippen LogP contribution < -0.4 is 10.6 Å². The highest BCUT2D eigenvalue weighted by Gasteiger charge is 2.25. The zero-order valence-corrected chi connectivity index (χ0v) is 10.8. The van der Waals surface area contributed by atoms with Gasteiger partial charge in [0, 0.05) is 6.04 Å². The topological polar surface area (TPSA) is 64.9 Å². The maximum absolute atomic E-state index is 11.8. The van der Waals surface area contributed by atoms with Gasteiger partial charge in [-0.3, -0.25) is 4.79 Å². The van der Waals surface area contributed by atoms with Crippen molar-refractivity contribution in [3.05, 3.63) is 28.8 Å². The van der Waals surface area contributed by atoms with Crippen molar-refractivity contribution in [1.82, 2.24) is 5.32 Å². The molecular weight excluding hydrogens is 250 g/mol. The first-order valence-electron chi connectivity index (χ1n) is 5.86. The molecule has 1 aromatic carbocycles. The number of hydrogen-bond acceptors (Lipinski definition) is 3. The van der Waals surface area contributed by atoms with Crippen molar-refractivity contribution in [2.24, 2.45) is 0 Å². The molecule has 0 radical (unpaired) electrons. The Hall–Kier alpha value is -1.73. The van der Waals surface area contributed by atoms with E-state index in [0.29, 0.717) is 22.3 Å². The smallest absolute Gasteiger partial charge is 0.242 e. The third kappa shape index (κ3) is 3.14. The Balaban J connectivity index is 1.99. The van der Waals surface area contributed by atoms with Crippen LogP contribution in [0.2, 0.25) is 5.02 Å². The quantitative estimate of drug-likeness (QED) is 0.876. The van der Waals surface area contributed by atoms with Crippen LogP contribution in [0.4, 0.5) is 5.69 Å². The van der Waals surface area contributed by atoms with E-state index in [2.05, 4.69) is 10.6 Å². The third-order valence-electron chi connectivity index (χ3n) is 2.79. The summed E-state index contributed by atoms with van der Waals surface area (Å²) in [6, 6.07) is 6.96. The van der Waals surface area contributed by atoms with Crippen molar-refractivity contribution < 1.29 is 4.79 Å². The summed E-state index contributed by atoms with van der Waals surface area (Å²) >= 11 is 6.03. The molecule has 1 atom stereocenters. The van der Waals surface area contributed by atoms with Crippen LogP contribution in [-0.2, 0) is 4.79 Å². The van der Waals surface area contributed by atoms with Crippen LogP contribution in [0.25, 0.3) is 0 Å². The molecule has 1 fully saturated rings. The SMILES string of the molecule is CC(Nc1ccc(C#N)cc1Cl)C(=O)NC1CC1. The lowest BCUT2D eigenvalue weighted by Crippen LogP contribution is -2.38. The van der Waals surface area contributed by atoms with Gasteiger partial charge < -0.3 is 10.6 Å². The first-order chi connectivity index (χ1) is 8.60. The highest BCUT2D eigenvalue weighted by Crippen LogP contribution is 2.24. The van der Waals surface area contributed by atoms with E-state index in [0.717, 1.165) is 12.8 Å². The van der Waals surface area contributed by atoms with Crippen LogP contribution in [0, 0.1) is 11.3 Å². The Kier molecular flexibility index (Phi) is 3.73. The van der Waals surface area contributed by atoms with E-state index in [1.165, 1.54) is 0 Å². The maximum Gasteiger partial charge on any atom is 0.242 e. The molecule has 4 nitrogen and oxygen atoms in total. The van der Waals surface area contributed by atoms with Gasteiger partial charge in [0.1, 0.15) is 6.04 Å². The number of rotatable bonds is 4. The van der Waals surface area contributed by atoms with Crippen molar-refractivity contribution in [3.63, 3.8) is 0 Å². The Morgan fingerprint density at radius 2 is 2.28 bits per heavy atom. The minimum Gasteiger partial charge on any atom is -0.373 e. The summed E-state index contributed by atoms with van der Waals surface area (Å²) in [6.07, 6.45) is 2.13. The Bertz CT molecular complexity index is 505. The van der Waals surface area contributed by atoms with Gasteiger partial charge in [-0.1, -0.05) is 11.6 Å². The van der Waals surface area contributed by atoms with E-state index >= 15 is 0 Å². The van der Waals surface area contributed by atoms with Crippen LogP contribution in [0.15, 0.2) is 18.2 Å². The fourth-order valence-corrected chi connectivity index (χ4v) is 1.79. The summed E-state index contributed by atoms with van der Waals surface area (Å²) in [5, 5.41) is 15.1. The van der Waals surface area contributed by atoms with Crippen LogP contribution >= 0.6 is 11.6 Å². The van der Waals surface area contributed by atoms with Gasteiger partial charge in [0.25, 0.3) is 0 Å². The van der Waals surface area contributed by atoms with Crippen molar-refractivity contribution in [3.8, 4) is 6.07 Å². The van der Waals surface area contributed by atoms with Crippen LogP contribution in [0.1, 0.15) is 25.3 Å². The Morgan fingerprint density at radius 1 is 1.56 bits per heavy atom. The van der Waals surface area contributed by atoms with Crippen molar-refractivity contribution >= 4 is 23.2 Å². The van der Waals surface area contributed by atoms with Crippen LogP contribution in [-0.4, -0.2) is 18.0 Å². The number of nitrogens with one attached hydrogen (secondary N) is 2. The Morgan fingerprint density at radius 3 is 2.83 bits per heavy atom. The van der Waals surface area contributed by atoms with Crippen LogP contribution in [0.5, 0.6) is 0 Å². The molecule has 2 rings (SSSR count). The molecular formula is C13H14ClN3O. The van der Waals surface area contributed by atoms with E-state index in [1.54, 1.807) is 25.1 Å². The molecule has 18 heavy (non-hydrogen) atoms. The minimum absolute atomic E-state index is 0.0297. The van der Waals surface area contributed by atoms with Gasteiger partial charge in [-0.25, -0.2) is 0 Å². The number of carbonyl (C=O) groups excluding carboxylic acids is 1. The lowest BCUT2D eigenvalue weighted by atomic mass is 10.2.